The molecular formula is C26H24BrN5O7. The first-order valence-corrected chi connectivity index (χ1v) is 12.2. The zero-order valence-electron chi connectivity index (χ0n) is 21.3. The van der Waals surface area contributed by atoms with Gasteiger partial charge in [0.25, 0.3) is 17.2 Å². The molecule has 0 saturated heterocycles. The summed E-state index contributed by atoms with van der Waals surface area (Å²) in [5, 5.41) is 25.0. The number of halogens is 1. The Morgan fingerprint density at radius 2 is 1.95 bits per heavy atom. The second-order valence-electron chi connectivity index (χ2n) is 8.08. The Labute approximate surface area is 231 Å². The monoisotopic (exact) mass is 597 g/mol. The number of nitrogens with one attached hydrogen (secondary N) is 1. The fraction of sp³-hybridized carbons (Fsp3) is 0.231. The highest BCUT2D eigenvalue weighted by atomic mass is 79.9. The third-order valence-corrected chi connectivity index (χ3v) is 6.64. The van der Waals surface area contributed by atoms with Crippen molar-refractivity contribution in [3.63, 3.8) is 0 Å². The van der Waals surface area contributed by atoms with Crippen LogP contribution in [0.2, 0.25) is 0 Å². The number of amides is 1. The first-order chi connectivity index (χ1) is 18.7. The highest BCUT2D eigenvalue weighted by Crippen LogP contribution is 2.34. The van der Waals surface area contributed by atoms with E-state index in [1.54, 1.807) is 6.92 Å². The van der Waals surface area contributed by atoms with Crippen molar-refractivity contribution in [3.8, 4) is 17.6 Å². The lowest BCUT2D eigenvalue weighted by Gasteiger charge is -2.15. The van der Waals surface area contributed by atoms with Crippen molar-refractivity contribution in [3.05, 3.63) is 95.4 Å². The van der Waals surface area contributed by atoms with Gasteiger partial charge in [0.1, 0.15) is 24.8 Å². The first-order valence-electron chi connectivity index (χ1n) is 11.4. The maximum atomic E-state index is 12.8. The van der Waals surface area contributed by atoms with Gasteiger partial charge in [-0.25, -0.2) is 5.43 Å². The minimum atomic E-state index is -0.691. The largest absolute Gasteiger partial charge is 0.493 e. The van der Waals surface area contributed by atoms with Crippen molar-refractivity contribution in [1.29, 1.82) is 5.26 Å². The summed E-state index contributed by atoms with van der Waals surface area (Å²) in [5.41, 5.74) is 2.84. The summed E-state index contributed by atoms with van der Waals surface area (Å²) in [6.45, 7) is 1.38. The molecule has 0 radical (unpaired) electrons. The Balaban J connectivity index is 1.81. The molecule has 0 aliphatic carbocycles. The van der Waals surface area contributed by atoms with E-state index in [0.29, 0.717) is 15.7 Å². The van der Waals surface area contributed by atoms with Gasteiger partial charge in [0.2, 0.25) is 0 Å². The first kappa shape index (κ1) is 29.0. The number of rotatable bonds is 11. The summed E-state index contributed by atoms with van der Waals surface area (Å²) in [6.07, 6.45) is 1.09. The predicted molar refractivity (Wildman–Crippen MR) is 145 cm³/mol. The number of hydrogen-bond acceptors (Lipinski definition) is 9. The number of methoxy groups -OCH3 is 2. The molecule has 3 aromatic rings. The molecule has 0 bridgehead atoms. The maximum absolute atomic E-state index is 12.8. The van der Waals surface area contributed by atoms with Crippen molar-refractivity contribution < 1.29 is 23.9 Å². The molecule has 0 fully saturated rings. The van der Waals surface area contributed by atoms with Gasteiger partial charge in [0.05, 0.1) is 36.5 Å². The van der Waals surface area contributed by atoms with E-state index in [1.165, 1.54) is 26.4 Å². The Bertz CT molecular complexity index is 1510. The molecule has 12 nitrogen and oxygen atoms in total. The number of pyridine rings is 1. The molecule has 0 saturated carbocycles. The lowest BCUT2D eigenvalue weighted by atomic mass is 10.1. The van der Waals surface area contributed by atoms with Gasteiger partial charge in [-0.15, -0.1) is 0 Å². The van der Waals surface area contributed by atoms with Gasteiger partial charge < -0.3 is 18.8 Å². The fourth-order valence-corrected chi connectivity index (χ4v) is 4.16. The second kappa shape index (κ2) is 13.3. The Kier molecular flexibility index (Phi) is 9.91. The minimum absolute atomic E-state index is 0.0369. The average molecular weight is 598 g/mol. The Hall–Kier alpha value is -4.54. The zero-order chi connectivity index (χ0) is 28.5. The fourth-order valence-electron chi connectivity index (χ4n) is 3.64. The van der Waals surface area contributed by atoms with E-state index in [-0.39, 0.29) is 41.5 Å². The van der Waals surface area contributed by atoms with Gasteiger partial charge in [-0.3, -0.25) is 19.7 Å². The predicted octanol–water partition coefficient (Wildman–Crippen LogP) is 3.58. The molecule has 3 rings (SSSR count). The second-order valence-corrected chi connectivity index (χ2v) is 8.87. The standard InChI is InChI=1S/C26H24BrN5O7/c1-16-25(27)20(15-37-2)19(11-28)26(34)31(16)13-24(33)30-29-12-18-9-22(38-3)23(10-21(18)32(35)36)39-14-17-7-5-4-6-8-17/h4-10,12H,13-15H2,1-3H3,(H,30,33)/b29-12+. The third kappa shape index (κ3) is 6.86. The van der Waals surface area contributed by atoms with Gasteiger partial charge in [-0.05, 0) is 34.5 Å². The number of ether oxygens (including phenoxy) is 3. The lowest BCUT2D eigenvalue weighted by Crippen LogP contribution is -2.33. The molecule has 0 atom stereocenters. The molecule has 0 spiro atoms. The molecule has 1 heterocycles. The van der Waals surface area contributed by atoms with Crippen LogP contribution >= 0.6 is 15.9 Å². The summed E-state index contributed by atoms with van der Waals surface area (Å²) in [4.78, 5) is 36.5. The third-order valence-electron chi connectivity index (χ3n) is 5.59. The van der Waals surface area contributed by atoms with Crippen LogP contribution in [0.25, 0.3) is 0 Å². The number of carbonyl (C=O) groups is 1. The molecule has 1 amide bonds. The van der Waals surface area contributed by atoms with Crippen molar-refractivity contribution in [1.82, 2.24) is 9.99 Å². The SMILES string of the molecule is COCc1c(Br)c(C)n(CC(=O)N/N=C/c2cc(OC)c(OCc3ccccc3)cc2[N+](=O)[O-])c(=O)c1C#N. The van der Waals surface area contributed by atoms with Gasteiger partial charge in [0.15, 0.2) is 11.5 Å². The molecule has 13 heteroatoms. The van der Waals surface area contributed by atoms with Crippen molar-refractivity contribution in [2.24, 2.45) is 5.10 Å². The summed E-state index contributed by atoms with van der Waals surface area (Å²) in [7, 11) is 2.83. The molecule has 2 aromatic carbocycles. The molecule has 1 aromatic heterocycles. The smallest absolute Gasteiger partial charge is 0.282 e. The van der Waals surface area contributed by atoms with Crippen molar-refractivity contribution in [2.75, 3.05) is 14.2 Å². The molecule has 0 unspecified atom stereocenters. The number of nitriles is 1. The number of benzene rings is 2. The summed E-state index contributed by atoms with van der Waals surface area (Å²) in [5.74, 6) is -0.291. The Morgan fingerprint density at radius 1 is 1.23 bits per heavy atom. The van der Waals surface area contributed by atoms with Crippen LogP contribution in [0.15, 0.2) is 56.8 Å². The van der Waals surface area contributed by atoms with E-state index >= 15 is 0 Å². The van der Waals surface area contributed by atoms with Crippen LogP contribution in [0, 0.1) is 28.4 Å². The van der Waals surface area contributed by atoms with Gasteiger partial charge in [0, 0.05) is 22.8 Å². The molecule has 39 heavy (non-hydrogen) atoms. The zero-order valence-corrected chi connectivity index (χ0v) is 22.9. The summed E-state index contributed by atoms with van der Waals surface area (Å²) < 4.78 is 17.7. The number of nitro groups is 1. The molecule has 0 aliphatic rings. The average Bonchev–Trinajstić information content (AvgIpc) is 2.93. The van der Waals surface area contributed by atoms with Gasteiger partial charge >= 0.3 is 0 Å². The maximum Gasteiger partial charge on any atom is 0.282 e. The number of hydrogen-bond donors (Lipinski definition) is 1. The van der Waals surface area contributed by atoms with Crippen molar-refractivity contribution >= 4 is 33.7 Å². The highest BCUT2D eigenvalue weighted by molar-refractivity contribution is 9.10. The van der Waals surface area contributed by atoms with Gasteiger partial charge in [-0.1, -0.05) is 30.3 Å². The van der Waals surface area contributed by atoms with Crippen molar-refractivity contribution in [2.45, 2.75) is 26.7 Å². The van der Waals surface area contributed by atoms with E-state index in [4.69, 9.17) is 14.2 Å². The van der Waals surface area contributed by atoms with E-state index in [9.17, 15) is 25.0 Å². The molecule has 0 aliphatic heterocycles. The number of aromatic nitrogens is 1. The van der Waals surface area contributed by atoms with Crippen LogP contribution < -0.4 is 20.5 Å². The normalized spacial score (nSPS) is 10.7. The minimum Gasteiger partial charge on any atom is -0.493 e. The van der Waals surface area contributed by atoms with Gasteiger partial charge in [-0.2, -0.15) is 10.4 Å². The van der Waals surface area contributed by atoms with E-state index in [2.05, 4.69) is 26.5 Å². The lowest BCUT2D eigenvalue weighted by molar-refractivity contribution is -0.385. The Morgan fingerprint density at radius 3 is 2.56 bits per heavy atom. The quantitative estimate of drug-likeness (QED) is 0.199. The number of nitro benzene ring substituents is 1. The van der Waals surface area contributed by atoms with Crippen LogP contribution in [0.5, 0.6) is 11.5 Å². The number of hydrazone groups is 1. The molecular weight excluding hydrogens is 574 g/mol. The highest BCUT2D eigenvalue weighted by Gasteiger charge is 2.21. The van der Waals surface area contributed by atoms with Crippen LogP contribution in [0.3, 0.4) is 0 Å². The van der Waals surface area contributed by atoms with Crippen LogP contribution in [0.1, 0.15) is 27.9 Å². The summed E-state index contributed by atoms with van der Waals surface area (Å²) >= 11 is 3.36. The van der Waals surface area contributed by atoms with E-state index in [0.717, 1.165) is 16.3 Å². The van der Waals surface area contributed by atoms with Crippen LogP contribution in [-0.2, 0) is 29.3 Å². The number of nitrogens with zero attached hydrogens (tertiary/aromatic N) is 4. The van der Waals surface area contributed by atoms with Crippen LogP contribution in [-0.4, -0.2) is 35.8 Å². The number of carbonyl (C=O) groups excluding carboxylic acids is 1. The molecule has 1 N–H and O–H groups in total. The van der Waals surface area contributed by atoms with E-state index < -0.39 is 22.9 Å². The molecule has 202 valence electrons. The topological polar surface area (TPSA) is 158 Å². The summed E-state index contributed by atoms with van der Waals surface area (Å²) in [6, 6.07) is 13.7. The van der Waals surface area contributed by atoms with E-state index in [1.807, 2.05) is 36.4 Å². The van der Waals surface area contributed by atoms with Crippen LogP contribution in [0.4, 0.5) is 5.69 Å².